The fourth-order valence-corrected chi connectivity index (χ4v) is 4.42. The molecule has 2 aliphatic rings. The van der Waals surface area contributed by atoms with Gasteiger partial charge in [0.1, 0.15) is 5.54 Å². The van der Waals surface area contributed by atoms with E-state index in [1.807, 2.05) is 13.8 Å². The second-order valence-corrected chi connectivity index (χ2v) is 8.45. The first-order chi connectivity index (χ1) is 17.3. The fourth-order valence-electron chi connectivity index (χ4n) is 4.42. The molecule has 0 aromatic heterocycles. The van der Waals surface area contributed by atoms with E-state index in [4.69, 9.17) is 0 Å². The van der Waals surface area contributed by atoms with Crippen molar-refractivity contribution in [3.8, 4) is 0 Å². The first kappa shape index (κ1) is 28.0. The monoisotopic (exact) mass is 529 g/mol. The van der Waals surface area contributed by atoms with Crippen molar-refractivity contribution in [2.75, 3.05) is 13.1 Å². The molecule has 0 saturated carbocycles. The highest BCUT2D eigenvalue weighted by molar-refractivity contribution is 6.07. The fraction of sp³-hybridized carbons (Fsp3) is 0.400. The third-order valence-corrected chi connectivity index (χ3v) is 6.30. The lowest BCUT2D eigenvalue weighted by atomic mass is 9.85. The van der Waals surface area contributed by atoms with Gasteiger partial charge in [-0.25, -0.2) is 4.79 Å². The summed E-state index contributed by atoms with van der Waals surface area (Å²) < 4.78 is 79.0. The van der Waals surface area contributed by atoms with Gasteiger partial charge in [-0.05, 0) is 36.6 Å². The first-order valence-corrected chi connectivity index (χ1v) is 11.6. The minimum Gasteiger partial charge on any atom is -0.338 e. The standard InChI is InChI=1S/C23H19F6N3O3.C2H6/c24-22(25,26)16-10-15(11-17(12-16)23(27,28)29)18(33)31-8-6-21(7-9-31)19(34)30-20(35)32(21)13-14-4-2-1-3-5-14;1-2/h1-5,10-12H,6-9,13H2,(H,30,34,35);1-2H3. The zero-order chi connectivity index (χ0) is 27.6. The first-order valence-electron chi connectivity index (χ1n) is 11.6. The van der Waals surface area contributed by atoms with Crippen molar-refractivity contribution in [2.45, 2.75) is 51.1 Å². The number of likely N-dealkylation sites (tertiary alicyclic amines) is 1. The normalized spacial score (nSPS) is 17.4. The Kier molecular flexibility index (Phi) is 7.89. The molecule has 2 saturated heterocycles. The van der Waals surface area contributed by atoms with Crippen molar-refractivity contribution in [3.05, 3.63) is 70.8 Å². The highest BCUT2D eigenvalue weighted by Gasteiger charge is 2.54. The van der Waals surface area contributed by atoms with Gasteiger partial charge >= 0.3 is 18.4 Å². The average molecular weight is 529 g/mol. The van der Waals surface area contributed by atoms with Gasteiger partial charge in [-0.2, -0.15) is 26.3 Å². The summed E-state index contributed by atoms with van der Waals surface area (Å²) in [6, 6.07) is 8.99. The molecule has 0 unspecified atom stereocenters. The van der Waals surface area contributed by atoms with Crippen LogP contribution in [0.25, 0.3) is 0 Å². The molecule has 37 heavy (non-hydrogen) atoms. The van der Waals surface area contributed by atoms with Crippen LogP contribution >= 0.6 is 0 Å². The van der Waals surface area contributed by atoms with Gasteiger partial charge in [0.25, 0.3) is 11.8 Å². The van der Waals surface area contributed by atoms with E-state index in [1.54, 1.807) is 30.3 Å². The number of hydrogen-bond donors (Lipinski definition) is 1. The number of halogens is 6. The molecule has 1 spiro atoms. The van der Waals surface area contributed by atoms with Gasteiger partial charge in [0.2, 0.25) is 0 Å². The van der Waals surface area contributed by atoms with Crippen molar-refractivity contribution in [3.63, 3.8) is 0 Å². The number of piperidine rings is 1. The number of rotatable bonds is 3. The number of carbonyl (C=O) groups is 3. The van der Waals surface area contributed by atoms with Crippen LogP contribution in [0, 0.1) is 0 Å². The molecule has 0 radical (unpaired) electrons. The van der Waals surface area contributed by atoms with Crippen LogP contribution < -0.4 is 5.32 Å². The largest absolute Gasteiger partial charge is 0.416 e. The lowest BCUT2D eigenvalue weighted by Gasteiger charge is -2.42. The smallest absolute Gasteiger partial charge is 0.338 e. The maximum Gasteiger partial charge on any atom is 0.416 e. The predicted molar refractivity (Wildman–Crippen MR) is 121 cm³/mol. The molecule has 4 rings (SSSR count). The Morgan fingerprint density at radius 1 is 0.892 bits per heavy atom. The SMILES string of the molecule is CC.O=C(c1cc(C(F)(F)F)cc(C(F)(F)F)c1)N1CCC2(CC1)C(=O)NC(=O)N2Cc1ccccc1. The van der Waals surface area contributed by atoms with Gasteiger partial charge in [-0.15, -0.1) is 0 Å². The van der Waals surface area contributed by atoms with Crippen LogP contribution in [-0.2, 0) is 23.7 Å². The molecule has 2 aromatic carbocycles. The summed E-state index contributed by atoms with van der Waals surface area (Å²) in [5, 5.41) is 2.27. The molecule has 200 valence electrons. The Hall–Kier alpha value is -3.57. The van der Waals surface area contributed by atoms with Gasteiger partial charge in [0.05, 0.1) is 11.1 Å². The maximum atomic E-state index is 13.2. The van der Waals surface area contributed by atoms with E-state index in [9.17, 15) is 40.7 Å². The molecule has 1 N–H and O–H groups in total. The van der Waals surface area contributed by atoms with E-state index in [1.165, 1.54) is 4.90 Å². The topological polar surface area (TPSA) is 69.7 Å². The second-order valence-electron chi connectivity index (χ2n) is 8.45. The maximum absolute atomic E-state index is 13.2. The lowest BCUT2D eigenvalue weighted by molar-refractivity contribution is -0.143. The van der Waals surface area contributed by atoms with Crippen LogP contribution in [0.4, 0.5) is 31.1 Å². The van der Waals surface area contributed by atoms with Gasteiger partial charge in [-0.3, -0.25) is 14.9 Å². The molecule has 6 nitrogen and oxygen atoms in total. The number of benzene rings is 2. The van der Waals surface area contributed by atoms with E-state index in [0.29, 0.717) is 12.1 Å². The van der Waals surface area contributed by atoms with E-state index in [-0.39, 0.29) is 38.5 Å². The van der Waals surface area contributed by atoms with Gasteiger partial charge in [0.15, 0.2) is 0 Å². The Morgan fingerprint density at radius 2 is 1.41 bits per heavy atom. The number of hydrogen-bond acceptors (Lipinski definition) is 3. The summed E-state index contributed by atoms with van der Waals surface area (Å²) in [6.45, 7) is 3.85. The molecule has 12 heteroatoms. The molecule has 2 aromatic rings. The number of nitrogens with one attached hydrogen (secondary N) is 1. The van der Waals surface area contributed by atoms with Crippen molar-refractivity contribution >= 4 is 17.8 Å². The summed E-state index contributed by atoms with van der Waals surface area (Å²) in [4.78, 5) is 40.5. The van der Waals surface area contributed by atoms with Crippen LogP contribution in [-0.4, -0.2) is 46.3 Å². The minimum absolute atomic E-state index is 0.0196. The summed E-state index contributed by atoms with van der Waals surface area (Å²) in [6.07, 6.45) is -10.2. The van der Waals surface area contributed by atoms with Gasteiger partial charge < -0.3 is 9.80 Å². The quantitative estimate of drug-likeness (QED) is 0.423. The Bertz CT molecular complexity index is 1120. The molecule has 2 aliphatic heterocycles. The highest BCUT2D eigenvalue weighted by atomic mass is 19.4. The number of carbonyl (C=O) groups excluding carboxylic acids is 3. The van der Waals surface area contributed by atoms with Crippen molar-refractivity contribution in [1.82, 2.24) is 15.1 Å². The van der Waals surface area contributed by atoms with E-state index < -0.39 is 52.4 Å². The summed E-state index contributed by atoms with van der Waals surface area (Å²) in [7, 11) is 0. The summed E-state index contributed by atoms with van der Waals surface area (Å²) >= 11 is 0. The average Bonchev–Trinajstić information content (AvgIpc) is 3.08. The molecular formula is C25H25F6N3O3. The van der Waals surface area contributed by atoms with Crippen molar-refractivity contribution in [2.24, 2.45) is 0 Å². The number of nitrogens with zero attached hydrogens (tertiary/aromatic N) is 2. The molecule has 0 atom stereocenters. The number of alkyl halides is 6. The van der Waals surface area contributed by atoms with Crippen LogP contribution in [0.2, 0.25) is 0 Å². The van der Waals surface area contributed by atoms with E-state index in [2.05, 4.69) is 5.32 Å². The van der Waals surface area contributed by atoms with Crippen molar-refractivity contribution < 1.29 is 40.7 Å². The van der Waals surface area contributed by atoms with Crippen LogP contribution in [0.5, 0.6) is 0 Å². The van der Waals surface area contributed by atoms with Crippen LogP contribution in [0.3, 0.4) is 0 Å². The molecule has 0 aliphatic carbocycles. The molecule has 2 heterocycles. The van der Waals surface area contributed by atoms with Crippen molar-refractivity contribution in [1.29, 1.82) is 0 Å². The third kappa shape index (κ3) is 5.72. The highest BCUT2D eigenvalue weighted by Crippen LogP contribution is 2.38. The van der Waals surface area contributed by atoms with Gasteiger partial charge in [0, 0.05) is 25.2 Å². The second kappa shape index (κ2) is 10.4. The molecule has 2 fully saturated rings. The third-order valence-electron chi connectivity index (χ3n) is 6.30. The Balaban J connectivity index is 0.00000186. The molecular weight excluding hydrogens is 504 g/mol. The van der Waals surface area contributed by atoms with Crippen LogP contribution in [0.15, 0.2) is 48.5 Å². The number of urea groups is 1. The molecule has 4 amide bonds. The zero-order valence-corrected chi connectivity index (χ0v) is 20.0. The number of amides is 4. The predicted octanol–water partition coefficient (Wildman–Crippen LogP) is 5.48. The minimum atomic E-state index is -5.08. The van der Waals surface area contributed by atoms with Gasteiger partial charge in [-0.1, -0.05) is 44.2 Å². The summed E-state index contributed by atoms with van der Waals surface area (Å²) in [5.74, 6) is -1.57. The molecule has 0 bridgehead atoms. The van der Waals surface area contributed by atoms with Crippen LogP contribution in [0.1, 0.15) is 53.7 Å². The lowest BCUT2D eigenvalue weighted by Crippen LogP contribution is -2.57. The van der Waals surface area contributed by atoms with E-state index in [0.717, 1.165) is 10.5 Å². The van der Waals surface area contributed by atoms with E-state index >= 15 is 0 Å². The number of imide groups is 1. The summed E-state index contributed by atoms with van der Waals surface area (Å²) in [5.41, 5.74) is -4.43. The Morgan fingerprint density at radius 3 is 1.89 bits per heavy atom. The zero-order valence-electron chi connectivity index (χ0n) is 20.0. The Labute approximate surface area is 209 Å².